The Morgan fingerprint density at radius 1 is 1.14 bits per heavy atom. The molecule has 1 fully saturated rings. The van der Waals surface area contributed by atoms with Gasteiger partial charge in [-0.15, -0.1) is 0 Å². The standard InChI is InChI=1S/C22H26N4O3/c1-14-6-8-16(9-7-14)22(29)26-11-4-3-5-19(26)20-23-18-13-25(15(2)27)12-10-17(18)21(28)24-20/h6-9,19H,3-5,10-13H2,1-2H3,(H,23,24,28)/t19-/m1/s1. The second kappa shape index (κ2) is 7.81. The van der Waals surface area contributed by atoms with Gasteiger partial charge < -0.3 is 14.8 Å². The number of carbonyl (C=O) groups is 2. The van der Waals surface area contributed by atoms with Gasteiger partial charge in [-0.2, -0.15) is 0 Å². The normalized spacial score (nSPS) is 19.0. The molecule has 1 atom stereocenters. The van der Waals surface area contributed by atoms with Crippen LogP contribution in [0.25, 0.3) is 0 Å². The van der Waals surface area contributed by atoms with Crippen LogP contribution in [-0.2, 0) is 17.8 Å². The smallest absolute Gasteiger partial charge is 0.254 e. The molecule has 0 bridgehead atoms. The number of amides is 2. The summed E-state index contributed by atoms with van der Waals surface area (Å²) in [5, 5.41) is 0. The summed E-state index contributed by atoms with van der Waals surface area (Å²) in [6, 6.07) is 7.29. The van der Waals surface area contributed by atoms with Gasteiger partial charge in [-0.05, 0) is 44.7 Å². The summed E-state index contributed by atoms with van der Waals surface area (Å²) in [5.41, 5.74) is 2.90. The van der Waals surface area contributed by atoms with Crippen molar-refractivity contribution in [2.45, 2.75) is 52.1 Å². The van der Waals surface area contributed by atoms with Crippen molar-refractivity contribution >= 4 is 11.8 Å². The van der Waals surface area contributed by atoms with E-state index in [-0.39, 0.29) is 23.4 Å². The molecule has 7 heteroatoms. The fourth-order valence-electron chi connectivity index (χ4n) is 4.21. The molecule has 0 unspecified atom stereocenters. The summed E-state index contributed by atoms with van der Waals surface area (Å²) in [6.07, 6.45) is 3.17. The minimum Gasteiger partial charge on any atom is -0.337 e. The molecule has 1 aromatic carbocycles. The molecule has 4 rings (SSSR count). The Balaban J connectivity index is 1.67. The molecule has 1 N–H and O–H groups in total. The first kappa shape index (κ1) is 19.4. The van der Waals surface area contributed by atoms with Crippen molar-refractivity contribution in [1.29, 1.82) is 0 Å². The van der Waals surface area contributed by atoms with E-state index < -0.39 is 0 Å². The number of hydrogen-bond donors (Lipinski definition) is 1. The number of aromatic nitrogens is 2. The van der Waals surface area contributed by atoms with Gasteiger partial charge in [0, 0.05) is 31.1 Å². The van der Waals surface area contributed by atoms with Crippen molar-refractivity contribution in [2.24, 2.45) is 0 Å². The average Bonchev–Trinajstić information content (AvgIpc) is 2.73. The highest BCUT2D eigenvalue weighted by atomic mass is 16.2. The quantitative estimate of drug-likeness (QED) is 0.847. The van der Waals surface area contributed by atoms with Crippen LogP contribution in [0.15, 0.2) is 29.1 Å². The highest BCUT2D eigenvalue weighted by Crippen LogP contribution is 2.30. The van der Waals surface area contributed by atoms with Crippen LogP contribution in [-0.4, -0.2) is 44.7 Å². The molecule has 0 radical (unpaired) electrons. The number of nitrogens with zero attached hydrogens (tertiary/aromatic N) is 3. The zero-order valence-electron chi connectivity index (χ0n) is 16.9. The maximum atomic E-state index is 13.2. The number of benzene rings is 1. The molecule has 2 aromatic rings. The Hall–Kier alpha value is -2.96. The van der Waals surface area contributed by atoms with Crippen LogP contribution in [0.1, 0.15) is 65.2 Å². The Kier molecular flexibility index (Phi) is 5.22. The highest BCUT2D eigenvalue weighted by molar-refractivity contribution is 5.94. The first-order chi connectivity index (χ1) is 13.9. The third-order valence-electron chi connectivity index (χ3n) is 5.91. The number of rotatable bonds is 2. The fourth-order valence-corrected chi connectivity index (χ4v) is 4.21. The predicted octanol–water partition coefficient (Wildman–Crippen LogP) is 2.35. The summed E-state index contributed by atoms with van der Waals surface area (Å²) in [5.74, 6) is 0.466. The van der Waals surface area contributed by atoms with Crippen molar-refractivity contribution in [3.05, 3.63) is 62.8 Å². The minimum atomic E-state index is -0.261. The Bertz CT molecular complexity index is 996. The monoisotopic (exact) mass is 394 g/mol. The van der Waals surface area contributed by atoms with Gasteiger partial charge in [-0.25, -0.2) is 4.98 Å². The van der Waals surface area contributed by atoms with Crippen LogP contribution in [0.2, 0.25) is 0 Å². The van der Waals surface area contributed by atoms with Gasteiger partial charge in [0.05, 0.1) is 18.3 Å². The van der Waals surface area contributed by atoms with Gasteiger partial charge in [0.15, 0.2) is 0 Å². The number of hydrogen-bond acceptors (Lipinski definition) is 4. The zero-order valence-corrected chi connectivity index (χ0v) is 16.9. The molecule has 152 valence electrons. The van der Waals surface area contributed by atoms with Gasteiger partial charge in [0.1, 0.15) is 5.82 Å². The highest BCUT2D eigenvalue weighted by Gasteiger charge is 2.32. The molecule has 0 spiro atoms. The van der Waals surface area contributed by atoms with Crippen molar-refractivity contribution in [3.63, 3.8) is 0 Å². The van der Waals surface area contributed by atoms with Crippen molar-refractivity contribution in [3.8, 4) is 0 Å². The summed E-state index contributed by atoms with van der Waals surface area (Å²) < 4.78 is 0. The van der Waals surface area contributed by atoms with Gasteiger partial charge in [-0.3, -0.25) is 14.4 Å². The molecule has 3 heterocycles. The molecule has 2 aliphatic rings. The maximum Gasteiger partial charge on any atom is 0.254 e. The number of carbonyl (C=O) groups excluding carboxylic acids is 2. The first-order valence-electron chi connectivity index (χ1n) is 10.2. The summed E-state index contributed by atoms with van der Waals surface area (Å²) in [6.45, 7) is 5.04. The van der Waals surface area contributed by atoms with Crippen LogP contribution >= 0.6 is 0 Å². The van der Waals surface area contributed by atoms with E-state index in [0.717, 1.165) is 24.8 Å². The number of H-pyrrole nitrogens is 1. The molecule has 29 heavy (non-hydrogen) atoms. The second-order valence-corrected chi connectivity index (χ2v) is 7.94. The lowest BCUT2D eigenvalue weighted by atomic mass is 9.99. The van der Waals surface area contributed by atoms with Crippen molar-refractivity contribution < 1.29 is 9.59 Å². The van der Waals surface area contributed by atoms with Gasteiger partial charge >= 0.3 is 0 Å². The molecule has 0 aliphatic carbocycles. The fraction of sp³-hybridized carbons (Fsp3) is 0.455. The number of likely N-dealkylation sites (tertiary alicyclic amines) is 1. The van der Waals surface area contributed by atoms with Crippen molar-refractivity contribution in [1.82, 2.24) is 19.8 Å². The molecule has 2 aliphatic heterocycles. The molecule has 7 nitrogen and oxygen atoms in total. The molecule has 1 saturated heterocycles. The van der Waals surface area contributed by atoms with E-state index in [1.807, 2.05) is 36.1 Å². The number of piperidine rings is 1. The molecular weight excluding hydrogens is 368 g/mol. The largest absolute Gasteiger partial charge is 0.337 e. The molecular formula is C22H26N4O3. The molecule has 0 saturated carbocycles. The Morgan fingerprint density at radius 2 is 1.90 bits per heavy atom. The summed E-state index contributed by atoms with van der Waals surface area (Å²) >= 11 is 0. The van der Waals surface area contributed by atoms with Crippen LogP contribution in [0.5, 0.6) is 0 Å². The number of nitrogens with one attached hydrogen (secondary N) is 1. The van der Waals surface area contributed by atoms with Gasteiger partial charge in [0.25, 0.3) is 11.5 Å². The van der Waals surface area contributed by atoms with Crippen LogP contribution in [0.3, 0.4) is 0 Å². The third kappa shape index (κ3) is 3.81. The predicted molar refractivity (Wildman–Crippen MR) is 108 cm³/mol. The lowest BCUT2D eigenvalue weighted by Gasteiger charge is -2.36. The second-order valence-electron chi connectivity index (χ2n) is 7.94. The van der Waals surface area contributed by atoms with E-state index in [9.17, 15) is 14.4 Å². The van der Waals surface area contributed by atoms with E-state index in [2.05, 4.69) is 4.98 Å². The maximum absolute atomic E-state index is 13.2. The lowest BCUT2D eigenvalue weighted by Crippen LogP contribution is -2.42. The van der Waals surface area contributed by atoms with E-state index in [1.54, 1.807) is 4.90 Å². The van der Waals surface area contributed by atoms with E-state index in [0.29, 0.717) is 48.7 Å². The van der Waals surface area contributed by atoms with E-state index >= 15 is 0 Å². The van der Waals surface area contributed by atoms with Crippen LogP contribution < -0.4 is 5.56 Å². The topological polar surface area (TPSA) is 86.4 Å². The van der Waals surface area contributed by atoms with E-state index in [1.165, 1.54) is 6.92 Å². The van der Waals surface area contributed by atoms with Gasteiger partial charge in [-0.1, -0.05) is 17.7 Å². The first-order valence-corrected chi connectivity index (χ1v) is 10.2. The van der Waals surface area contributed by atoms with Crippen LogP contribution in [0, 0.1) is 6.92 Å². The lowest BCUT2D eigenvalue weighted by molar-refractivity contribution is -0.129. The number of fused-ring (bicyclic) bond motifs is 1. The van der Waals surface area contributed by atoms with E-state index in [4.69, 9.17) is 4.98 Å². The molecule has 2 amide bonds. The summed E-state index contributed by atoms with van der Waals surface area (Å²) in [4.78, 5) is 48.8. The third-order valence-corrected chi connectivity index (χ3v) is 5.91. The Labute approximate surface area is 169 Å². The minimum absolute atomic E-state index is 0.0203. The van der Waals surface area contributed by atoms with Crippen LogP contribution in [0.4, 0.5) is 0 Å². The number of aryl methyl sites for hydroxylation is 1. The SMILES string of the molecule is CC(=O)N1CCc2c(nc([C@H]3CCCCN3C(=O)c3ccc(C)cc3)[nH]c2=O)C1. The summed E-state index contributed by atoms with van der Waals surface area (Å²) in [7, 11) is 0. The zero-order chi connectivity index (χ0) is 20.5. The Morgan fingerprint density at radius 3 is 2.62 bits per heavy atom. The van der Waals surface area contributed by atoms with Crippen molar-refractivity contribution in [2.75, 3.05) is 13.1 Å². The number of aromatic amines is 1. The van der Waals surface area contributed by atoms with Gasteiger partial charge in [0.2, 0.25) is 5.91 Å². The molecule has 1 aromatic heterocycles. The average molecular weight is 394 g/mol.